The number of amides is 2. The van der Waals surface area contributed by atoms with Crippen LogP contribution in [0, 0.1) is 5.92 Å². The third-order valence-electron chi connectivity index (χ3n) is 4.26. The molecule has 8 nitrogen and oxygen atoms in total. The van der Waals surface area contributed by atoms with Gasteiger partial charge < -0.3 is 15.3 Å². The monoisotopic (exact) mass is 397 g/mol. The first kappa shape index (κ1) is 21.2. The molecule has 3 N–H and O–H groups in total. The molecule has 0 unspecified atom stereocenters. The van der Waals surface area contributed by atoms with Crippen molar-refractivity contribution in [3.8, 4) is 0 Å². The second-order valence-corrected chi connectivity index (χ2v) is 9.37. The molecular weight excluding hydrogens is 370 g/mol. The lowest BCUT2D eigenvalue weighted by atomic mass is 9.97. The van der Waals surface area contributed by atoms with Crippen LogP contribution in [0.4, 0.5) is 4.79 Å². The molecular formula is C18H27N3O5S. The third kappa shape index (κ3) is 5.93. The maximum Gasteiger partial charge on any atom is 0.317 e. The zero-order valence-electron chi connectivity index (χ0n) is 15.9. The lowest BCUT2D eigenvalue weighted by Gasteiger charge is -2.30. The summed E-state index contributed by atoms with van der Waals surface area (Å²) in [6, 6.07) is 6.20. The smallest absolute Gasteiger partial charge is 0.317 e. The number of hydrogen-bond acceptors (Lipinski definition) is 4. The van der Waals surface area contributed by atoms with Gasteiger partial charge in [0.1, 0.15) is 0 Å². The van der Waals surface area contributed by atoms with Gasteiger partial charge in [-0.1, -0.05) is 18.2 Å². The second-order valence-electron chi connectivity index (χ2n) is 7.72. The van der Waals surface area contributed by atoms with Gasteiger partial charge in [0.15, 0.2) is 0 Å². The Balaban J connectivity index is 2.03. The molecule has 0 atom stereocenters. The highest BCUT2D eigenvalue weighted by atomic mass is 32.2. The molecule has 0 spiro atoms. The molecule has 1 aromatic rings. The molecule has 150 valence electrons. The molecule has 1 fully saturated rings. The number of carbonyl (C=O) groups is 2. The number of aliphatic carboxylic acids is 1. The van der Waals surface area contributed by atoms with Gasteiger partial charge in [0, 0.05) is 25.2 Å². The number of nitrogens with zero attached hydrogens (tertiary/aromatic N) is 1. The topological polar surface area (TPSA) is 116 Å². The standard InChI is InChI=1S/C18H27N3O5S/c1-18(2,3)20-27(25,26)15-7-5-4-6-14(15)12-19-17(24)21-10-8-13(9-11-21)16(22)23/h4-7,13,20H,8-12H2,1-3H3,(H,19,24)(H,22,23). The number of carbonyl (C=O) groups excluding carboxylic acids is 1. The summed E-state index contributed by atoms with van der Waals surface area (Å²) < 4.78 is 27.9. The Morgan fingerprint density at radius 2 is 1.78 bits per heavy atom. The van der Waals surface area contributed by atoms with Crippen molar-refractivity contribution < 1.29 is 23.1 Å². The van der Waals surface area contributed by atoms with Crippen LogP contribution in [0.3, 0.4) is 0 Å². The van der Waals surface area contributed by atoms with Gasteiger partial charge in [0.05, 0.1) is 10.8 Å². The first-order valence-electron chi connectivity index (χ1n) is 8.87. The number of carboxylic acid groups (broad SMARTS) is 1. The summed E-state index contributed by atoms with van der Waals surface area (Å²) in [5, 5.41) is 11.8. The molecule has 2 rings (SSSR count). The van der Waals surface area contributed by atoms with E-state index in [9.17, 15) is 18.0 Å². The van der Waals surface area contributed by atoms with Crippen molar-refractivity contribution in [2.24, 2.45) is 5.92 Å². The van der Waals surface area contributed by atoms with Crippen molar-refractivity contribution in [2.45, 2.75) is 50.6 Å². The summed E-state index contributed by atoms with van der Waals surface area (Å²) in [6.45, 7) is 6.09. The van der Waals surface area contributed by atoms with Gasteiger partial charge in [-0.3, -0.25) is 4.79 Å². The first-order valence-corrected chi connectivity index (χ1v) is 10.4. The Hall–Kier alpha value is -2.13. The molecule has 0 saturated carbocycles. The Labute approximate surface area is 160 Å². The number of rotatable bonds is 5. The quantitative estimate of drug-likeness (QED) is 0.700. The van der Waals surface area contributed by atoms with E-state index in [1.54, 1.807) is 43.9 Å². The normalized spacial score (nSPS) is 16.2. The van der Waals surface area contributed by atoms with Gasteiger partial charge in [-0.05, 0) is 45.2 Å². The second kappa shape index (κ2) is 8.26. The number of sulfonamides is 1. The summed E-state index contributed by atoms with van der Waals surface area (Å²) in [4.78, 5) is 25.0. The lowest BCUT2D eigenvalue weighted by molar-refractivity contribution is -0.143. The molecule has 2 amide bonds. The van der Waals surface area contributed by atoms with Gasteiger partial charge >= 0.3 is 12.0 Å². The maximum absolute atomic E-state index is 12.6. The summed E-state index contributed by atoms with van der Waals surface area (Å²) in [5.74, 6) is -1.25. The van der Waals surface area contributed by atoms with E-state index in [4.69, 9.17) is 5.11 Å². The van der Waals surface area contributed by atoms with Crippen LogP contribution in [-0.4, -0.2) is 49.1 Å². The molecule has 0 radical (unpaired) electrons. The highest BCUT2D eigenvalue weighted by molar-refractivity contribution is 7.89. The predicted octanol–water partition coefficient (Wildman–Crippen LogP) is 1.77. The maximum atomic E-state index is 12.6. The molecule has 1 saturated heterocycles. The number of carboxylic acids is 1. The Kier molecular flexibility index (Phi) is 6.48. The summed E-state index contributed by atoms with van der Waals surface area (Å²) >= 11 is 0. The van der Waals surface area contributed by atoms with Gasteiger partial charge in [0.2, 0.25) is 10.0 Å². The number of urea groups is 1. The fourth-order valence-electron chi connectivity index (χ4n) is 2.98. The number of likely N-dealkylation sites (tertiary alicyclic amines) is 1. The van der Waals surface area contributed by atoms with Crippen LogP contribution in [0.5, 0.6) is 0 Å². The molecule has 1 aromatic carbocycles. The van der Waals surface area contributed by atoms with Crippen LogP contribution in [0.2, 0.25) is 0 Å². The molecule has 1 aliphatic heterocycles. The Bertz CT molecular complexity index is 793. The Morgan fingerprint density at radius 1 is 1.19 bits per heavy atom. The summed E-state index contributed by atoms with van der Waals surface area (Å²) in [7, 11) is -3.72. The van der Waals surface area contributed by atoms with Crippen molar-refractivity contribution >= 4 is 22.0 Å². The van der Waals surface area contributed by atoms with Crippen molar-refractivity contribution in [1.29, 1.82) is 0 Å². The van der Waals surface area contributed by atoms with Crippen LogP contribution in [-0.2, 0) is 21.4 Å². The average Bonchev–Trinajstić information content (AvgIpc) is 2.58. The predicted molar refractivity (Wildman–Crippen MR) is 101 cm³/mol. The van der Waals surface area contributed by atoms with Crippen LogP contribution < -0.4 is 10.0 Å². The van der Waals surface area contributed by atoms with E-state index in [0.29, 0.717) is 31.5 Å². The van der Waals surface area contributed by atoms with Crippen molar-refractivity contribution in [3.63, 3.8) is 0 Å². The van der Waals surface area contributed by atoms with E-state index in [1.165, 1.54) is 6.07 Å². The number of hydrogen-bond donors (Lipinski definition) is 3. The van der Waals surface area contributed by atoms with Crippen molar-refractivity contribution in [1.82, 2.24) is 14.9 Å². The van der Waals surface area contributed by atoms with Gasteiger partial charge in [-0.15, -0.1) is 0 Å². The molecule has 0 aromatic heterocycles. The number of piperidine rings is 1. The van der Waals surface area contributed by atoms with E-state index in [2.05, 4.69) is 10.0 Å². The lowest BCUT2D eigenvalue weighted by Crippen LogP contribution is -2.45. The summed E-state index contributed by atoms with van der Waals surface area (Å²) in [5.41, 5.74) is -0.132. The van der Waals surface area contributed by atoms with Crippen molar-refractivity contribution in [2.75, 3.05) is 13.1 Å². The first-order chi connectivity index (χ1) is 12.5. The minimum absolute atomic E-state index is 0.0684. The molecule has 27 heavy (non-hydrogen) atoms. The number of benzene rings is 1. The minimum atomic E-state index is -3.72. The van der Waals surface area contributed by atoms with E-state index in [-0.39, 0.29) is 17.5 Å². The van der Waals surface area contributed by atoms with Crippen LogP contribution in [0.1, 0.15) is 39.2 Å². The zero-order chi connectivity index (χ0) is 20.2. The van der Waals surface area contributed by atoms with E-state index >= 15 is 0 Å². The average molecular weight is 397 g/mol. The molecule has 0 aliphatic carbocycles. The fourth-order valence-corrected chi connectivity index (χ4v) is 4.64. The molecule has 0 bridgehead atoms. The molecule has 1 heterocycles. The highest BCUT2D eigenvalue weighted by Gasteiger charge is 2.28. The Morgan fingerprint density at radius 3 is 2.33 bits per heavy atom. The van der Waals surface area contributed by atoms with Gasteiger partial charge in [-0.25, -0.2) is 17.9 Å². The van der Waals surface area contributed by atoms with Crippen molar-refractivity contribution in [3.05, 3.63) is 29.8 Å². The highest BCUT2D eigenvalue weighted by Crippen LogP contribution is 2.19. The fraction of sp³-hybridized carbons (Fsp3) is 0.556. The SMILES string of the molecule is CC(C)(C)NS(=O)(=O)c1ccccc1CNC(=O)N1CCC(C(=O)O)CC1. The van der Waals surface area contributed by atoms with E-state index in [0.717, 1.165) is 0 Å². The van der Waals surface area contributed by atoms with Crippen LogP contribution in [0.25, 0.3) is 0 Å². The minimum Gasteiger partial charge on any atom is -0.481 e. The van der Waals surface area contributed by atoms with Gasteiger partial charge in [-0.2, -0.15) is 0 Å². The van der Waals surface area contributed by atoms with Gasteiger partial charge in [0.25, 0.3) is 0 Å². The largest absolute Gasteiger partial charge is 0.481 e. The van der Waals surface area contributed by atoms with E-state index in [1.807, 2.05) is 0 Å². The van der Waals surface area contributed by atoms with Crippen LogP contribution in [0.15, 0.2) is 29.2 Å². The summed E-state index contributed by atoms with van der Waals surface area (Å²) in [6.07, 6.45) is 0.840. The third-order valence-corrected chi connectivity index (χ3v) is 6.12. The number of nitrogens with one attached hydrogen (secondary N) is 2. The van der Waals surface area contributed by atoms with Crippen LogP contribution >= 0.6 is 0 Å². The zero-order valence-corrected chi connectivity index (χ0v) is 16.7. The molecule has 9 heteroatoms. The molecule has 1 aliphatic rings. The van der Waals surface area contributed by atoms with E-state index < -0.39 is 27.4 Å².